The van der Waals surface area contributed by atoms with Gasteiger partial charge in [-0.3, -0.25) is 14.5 Å². The van der Waals surface area contributed by atoms with Gasteiger partial charge in [0.1, 0.15) is 21.4 Å². The molecule has 1 aromatic heterocycles. The van der Waals surface area contributed by atoms with E-state index < -0.39 is 0 Å². The molecule has 2 aromatic rings. The first kappa shape index (κ1) is 23.0. The molecule has 0 saturated carbocycles. The van der Waals surface area contributed by atoms with Gasteiger partial charge in [0.05, 0.1) is 18.8 Å². The molecule has 2 heterocycles. The molecular weight excluding hydrogens is 416 g/mol. The Kier molecular flexibility index (Phi) is 7.86. The molecule has 3 rings (SSSR count). The number of benzene rings is 1. The SMILES string of the molecule is CCOc1ccc(OCC(=O)N2CCN(Cc3nc(C)c(C(=O)N(C)C)s3)CC2)cc1. The molecule has 0 N–H and O–H groups in total. The Morgan fingerprint density at radius 3 is 2.26 bits per heavy atom. The molecule has 0 spiro atoms. The number of ether oxygens (including phenoxy) is 2. The second kappa shape index (κ2) is 10.6. The van der Waals surface area contributed by atoms with Crippen molar-refractivity contribution in [2.45, 2.75) is 20.4 Å². The highest BCUT2D eigenvalue weighted by Crippen LogP contribution is 2.21. The van der Waals surface area contributed by atoms with Crippen LogP contribution in [0.3, 0.4) is 0 Å². The summed E-state index contributed by atoms with van der Waals surface area (Å²) in [6.07, 6.45) is 0. The summed E-state index contributed by atoms with van der Waals surface area (Å²) in [6, 6.07) is 7.28. The number of nitrogens with zero attached hydrogens (tertiary/aromatic N) is 4. The Balaban J connectivity index is 1.44. The van der Waals surface area contributed by atoms with Gasteiger partial charge in [-0.05, 0) is 38.1 Å². The van der Waals surface area contributed by atoms with Gasteiger partial charge >= 0.3 is 0 Å². The number of piperazine rings is 1. The van der Waals surface area contributed by atoms with E-state index in [0.717, 1.165) is 29.5 Å². The van der Waals surface area contributed by atoms with Crippen LogP contribution >= 0.6 is 11.3 Å². The van der Waals surface area contributed by atoms with Crippen LogP contribution in [0.2, 0.25) is 0 Å². The fourth-order valence-electron chi connectivity index (χ4n) is 3.30. The summed E-state index contributed by atoms with van der Waals surface area (Å²) >= 11 is 1.45. The third-order valence-corrected chi connectivity index (χ3v) is 6.15. The van der Waals surface area contributed by atoms with Crippen molar-refractivity contribution in [2.24, 2.45) is 0 Å². The number of hydrogen-bond donors (Lipinski definition) is 0. The zero-order chi connectivity index (χ0) is 22.4. The van der Waals surface area contributed by atoms with Crippen LogP contribution in [-0.2, 0) is 11.3 Å². The van der Waals surface area contributed by atoms with Crippen LogP contribution in [0.5, 0.6) is 11.5 Å². The lowest BCUT2D eigenvalue weighted by atomic mass is 10.3. The van der Waals surface area contributed by atoms with E-state index in [1.807, 2.05) is 43.0 Å². The van der Waals surface area contributed by atoms with E-state index in [0.29, 0.717) is 36.9 Å². The highest BCUT2D eigenvalue weighted by Gasteiger charge is 2.23. The number of carbonyl (C=O) groups excluding carboxylic acids is 2. The first-order valence-electron chi connectivity index (χ1n) is 10.4. The molecule has 8 nitrogen and oxygen atoms in total. The van der Waals surface area contributed by atoms with E-state index in [-0.39, 0.29) is 18.4 Å². The van der Waals surface area contributed by atoms with E-state index in [9.17, 15) is 9.59 Å². The zero-order valence-corrected chi connectivity index (χ0v) is 19.4. The van der Waals surface area contributed by atoms with Crippen molar-refractivity contribution < 1.29 is 19.1 Å². The summed E-state index contributed by atoms with van der Waals surface area (Å²) in [5, 5.41) is 0.932. The second-order valence-corrected chi connectivity index (χ2v) is 8.66. The number of aromatic nitrogens is 1. The molecule has 1 saturated heterocycles. The first-order chi connectivity index (χ1) is 14.9. The Bertz CT molecular complexity index is 889. The molecule has 1 aromatic carbocycles. The van der Waals surface area contributed by atoms with Gasteiger partial charge in [0.25, 0.3) is 11.8 Å². The van der Waals surface area contributed by atoms with Crippen LogP contribution in [0.25, 0.3) is 0 Å². The van der Waals surface area contributed by atoms with Crippen LogP contribution < -0.4 is 9.47 Å². The third-order valence-electron chi connectivity index (χ3n) is 5.02. The van der Waals surface area contributed by atoms with Gasteiger partial charge in [0.2, 0.25) is 0 Å². The summed E-state index contributed by atoms with van der Waals surface area (Å²) in [5.74, 6) is 1.41. The Labute approximate surface area is 187 Å². The van der Waals surface area contributed by atoms with Gasteiger partial charge in [-0.1, -0.05) is 0 Å². The number of amides is 2. The van der Waals surface area contributed by atoms with Crippen LogP contribution in [-0.4, -0.2) is 85.0 Å². The van der Waals surface area contributed by atoms with Crippen LogP contribution in [0.1, 0.15) is 27.3 Å². The fourth-order valence-corrected chi connectivity index (χ4v) is 4.43. The molecule has 168 valence electrons. The molecule has 31 heavy (non-hydrogen) atoms. The molecule has 9 heteroatoms. The third kappa shape index (κ3) is 6.18. The summed E-state index contributed by atoms with van der Waals surface area (Å²) < 4.78 is 11.0. The molecular formula is C22H30N4O4S. The maximum atomic E-state index is 12.5. The maximum absolute atomic E-state index is 12.5. The van der Waals surface area contributed by atoms with Gasteiger partial charge in [0.15, 0.2) is 6.61 Å². The predicted octanol–water partition coefficient (Wildman–Crippen LogP) is 2.28. The molecule has 2 amide bonds. The summed E-state index contributed by atoms with van der Waals surface area (Å²) in [6.45, 7) is 7.98. The van der Waals surface area contributed by atoms with Crippen LogP contribution in [0, 0.1) is 6.92 Å². The van der Waals surface area contributed by atoms with Crippen molar-refractivity contribution in [2.75, 3.05) is 53.5 Å². The molecule has 0 atom stereocenters. The van der Waals surface area contributed by atoms with E-state index in [1.165, 1.54) is 11.3 Å². The monoisotopic (exact) mass is 446 g/mol. The topological polar surface area (TPSA) is 75.2 Å². The Morgan fingerprint density at radius 1 is 1.06 bits per heavy atom. The standard InChI is InChI=1S/C22H30N4O4S/c1-5-29-17-6-8-18(9-7-17)30-15-20(27)26-12-10-25(11-13-26)14-19-23-16(2)21(31-19)22(28)24(3)4/h6-9H,5,10-15H2,1-4H3. The van der Waals surface area contributed by atoms with E-state index in [4.69, 9.17) is 9.47 Å². The minimum Gasteiger partial charge on any atom is -0.494 e. The number of aryl methyl sites for hydroxylation is 1. The predicted molar refractivity (Wildman–Crippen MR) is 120 cm³/mol. The normalized spacial score (nSPS) is 14.4. The molecule has 0 aliphatic carbocycles. The Morgan fingerprint density at radius 2 is 1.68 bits per heavy atom. The number of hydrogen-bond acceptors (Lipinski definition) is 7. The lowest BCUT2D eigenvalue weighted by Crippen LogP contribution is -2.49. The number of thiazole rings is 1. The summed E-state index contributed by atoms with van der Waals surface area (Å²) in [5.41, 5.74) is 0.777. The quantitative estimate of drug-likeness (QED) is 0.619. The molecule has 0 bridgehead atoms. The Hall–Kier alpha value is -2.65. The van der Waals surface area contributed by atoms with Gasteiger partial charge in [0, 0.05) is 40.3 Å². The fraction of sp³-hybridized carbons (Fsp3) is 0.500. The summed E-state index contributed by atoms with van der Waals surface area (Å²) in [4.78, 5) is 35.6. The first-order valence-corrected chi connectivity index (χ1v) is 11.2. The second-order valence-electron chi connectivity index (χ2n) is 7.57. The van der Waals surface area contributed by atoms with Crippen molar-refractivity contribution in [1.29, 1.82) is 0 Å². The molecule has 0 unspecified atom stereocenters. The van der Waals surface area contributed by atoms with Crippen molar-refractivity contribution in [3.63, 3.8) is 0 Å². The van der Waals surface area contributed by atoms with Crippen molar-refractivity contribution in [3.05, 3.63) is 39.8 Å². The van der Waals surface area contributed by atoms with Crippen molar-refractivity contribution >= 4 is 23.2 Å². The average Bonchev–Trinajstić information content (AvgIpc) is 3.13. The minimum absolute atomic E-state index is 0.0100. The molecule has 1 aliphatic heterocycles. The highest BCUT2D eigenvalue weighted by atomic mass is 32.1. The lowest BCUT2D eigenvalue weighted by molar-refractivity contribution is -0.135. The van der Waals surface area contributed by atoms with Gasteiger partial charge in [-0.2, -0.15) is 0 Å². The van der Waals surface area contributed by atoms with Gasteiger partial charge < -0.3 is 19.3 Å². The van der Waals surface area contributed by atoms with E-state index in [1.54, 1.807) is 19.0 Å². The summed E-state index contributed by atoms with van der Waals surface area (Å²) in [7, 11) is 3.49. The van der Waals surface area contributed by atoms with Crippen molar-refractivity contribution in [1.82, 2.24) is 19.7 Å². The molecule has 0 radical (unpaired) electrons. The highest BCUT2D eigenvalue weighted by molar-refractivity contribution is 7.13. The van der Waals surface area contributed by atoms with E-state index in [2.05, 4.69) is 9.88 Å². The van der Waals surface area contributed by atoms with Crippen LogP contribution in [0.15, 0.2) is 24.3 Å². The van der Waals surface area contributed by atoms with Gasteiger partial charge in [-0.15, -0.1) is 11.3 Å². The zero-order valence-electron chi connectivity index (χ0n) is 18.6. The van der Waals surface area contributed by atoms with Crippen molar-refractivity contribution in [3.8, 4) is 11.5 Å². The number of rotatable bonds is 8. The average molecular weight is 447 g/mol. The smallest absolute Gasteiger partial charge is 0.265 e. The van der Waals surface area contributed by atoms with E-state index >= 15 is 0 Å². The molecule has 1 aliphatic rings. The van der Waals surface area contributed by atoms with Gasteiger partial charge in [-0.25, -0.2) is 4.98 Å². The molecule has 1 fully saturated rings. The van der Waals surface area contributed by atoms with Crippen LogP contribution in [0.4, 0.5) is 0 Å². The largest absolute Gasteiger partial charge is 0.494 e. The lowest BCUT2D eigenvalue weighted by Gasteiger charge is -2.34. The number of carbonyl (C=O) groups is 2. The maximum Gasteiger partial charge on any atom is 0.265 e. The minimum atomic E-state index is -0.0162.